The van der Waals surface area contributed by atoms with E-state index >= 15 is 0 Å². The van der Waals surface area contributed by atoms with Gasteiger partial charge in [-0.2, -0.15) is 0 Å². The van der Waals surface area contributed by atoms with Crippen LogP contribution in [-0.2, 0) is 14.8 Å². The highest BCUT2D eigenvalue weighted by atomic mass is 32.2. The third-order valence-electron chi connectivity index (χ3n) is 2.74. The van der Waals surface area contributed by atoms with E-state index in [-0.39, 0.29) is 12.1 Å². The van der Waals surface area contributed by atoms with Crippen molar-refractivity contribution in [2.45, 2.75) is 39.3 Å². The van der Waals surface area contributed by atoms with E-state index in [4.69, 9.17) is 10.5 Å². The molecule has 1 aromatic rings. The quantitative estimate of drug-likeness (QED) is 0.621. The first-order valence-corrected chi connectivity index (χ1v) is 9.12. The third kappa shape index (κ3) is 8.41. The largest absolute Gasteiger partial charge is 0.491 e. The van der Waals surface area contributed by atoms with Crippen LogP contribution >= 0.6 is 0 Å². The minimum atomic E-state index is -3.75. The van der Waals surface area contributed by atoms with E-state index in [2.05, 4.69) is 10.0 Å². The molecule has 1 atom stereocenters. The van der Waals surface area contributed by atoms with Crippen molar-refractivity contribution < 1.29 is 17.9 Å². The zero-order valence-corrected chi connectivity index (χ0v) is 14.5. The Bertz CT molecular complexity index is 598. The van der Waals surface area contributed by atoms with Gasteiger partial charge in [-0.15, -0.1) is 0 Å². The van der Waals surface area contributed by atoms with Crippen LogP contribution in [0.4, 0.5) is 5.69 Å². The van der Waals surface area contributed by atoms with Gasteiger partial charge in [0.2, 0.25) is 15.9 Å². The molecular formula is C15H25N3O4S. The summed E-state index contributed by atoms with van der Waals surface area (Å²) >= 11 is 0. The number of carbonyl (C=O) groups excluding carboxylic acids is 1. The van der Waals surface area contributed by atoms with Crippen molar-refractivity contribution in [3.8, 4) is 5.75 Å². The molecule has 0 heterocycles. The maximum atomic E-state index is 11.9. The maximum absolute atomic E-state index is 11.9. The predicted octanol–water partition coefficient (Wildman–Crippen LogP) is 1.07. The van der Waals surface area contributed by atoms with E-state index in [1.165, 1.54) is 0 Å². The monoisotopic (exact) mass is 343 g/mol. The first-order chi connectivity index (χ1) is 10.7. The van der Waals surface area contributed by atoms with Gasteiger partial charge in [-0.05, 0) is 51.5 Å². The van der Waals surface area contributed by atoms with Gasteiger partial charge < -0.3 is 15.8 Å². The molecule has 0 saturated carbocycles. The highest BCUT2D eigenvalue weighted by Gasteiger charge is 2.16. The van der Waals surface area contributed by atoms with Crippen molar-refractivity contribution in [2.75, 3.05) is 17.0 Å². The average Bonchev–Trinajstić information content (AvgIpc) is 2.39. The summed E-state index contributed by atoms with van der Waals surface area (Å²) in [6.07, 6.45) is 0.633. The van der Waals surface area contributed by atoms with Crippen LogP contribution in [-0.4, -0.2) is 38.8 Å². The van der Waals surface area contributed by atoms with Crippen LogP contribution in [0.2, 0.25) is 0 Å². The van der Waals surface area contributed by atoms with Crippen molar-refractivity contribution in [3.63, 3.8) is 0 Å². The summed E-state index contributed by atoms with van der Waals surface area (Å²) in [5.74, 6) is -0.537. The number of anilines is 1. The summed E-state index contributed by atoms with van der Waals surface area (Å²) in [6.45, 7) is 5.98. The molecule has 0 spiro atoms. The molecule has 0 aliphatic carbocycles. The molecule has 0 aromatic heterocycles. The summed E-state index contributed by atoms with van der Waals surface area (Å²) < 4.78 is 31.7. The van der Waals surface area contributed by atoms with Crippen molar-refractivity contribution >= 4 is 21.6 Å². The number of nitrogens with one attached hydrogen (secondary N) is 2. The second kappa shape index (κ2) is 8.73. The molecule has 130 valence electrons. The fourth-order valence-corrected chi connectivity index (χ4v) is 2.77. The van der Waals surface area contributed by atoms with Gasteiger partial charge in [0, 0.05) is 18.3 Å². The lowest BCUT2D eigenvalue weighted by molar-refractivity contribution is -0.118. The van der Waals surface area contributed by atoms with E-state index in [0.717, 1.165) is 0 Å². The van der Waals surface area contributed by atoms with Crippen molar-refractivity contribution in [2.24, 2.45) is 5.73 Å². The Morgan fingerprint density at radius 2 is 1.83 bits per heavy atom. The number of hydrogen-bond donors (Lipinski definition) is 3. The van der Waals surface area contributed by atoms with E-state index < -0.39 is 21.7 Å². The number of rotatable bonds is 9. The van der Waals surface area contributed by atoms with Gasteiger partial charge in [0.25, 0.3) is 0 Å². The highest BCUT2D eigenvalue weighted by Crippen LogP contribution is 2.17. The number of amides is 1. The molecule has 0 aliphatic rings. The van der Waals surface area contributed by atoms with Crippen LogP contribution in [0.25, 0.3) is 0 Å². The number of ether oxygens (including phenoxy) is 1. The Labute approximate surface area is 137 Å². The fraction of sp³-hybridized carbons (Fsp3) is 0.533. The van der Waals surface area contributed by atoms with E-state index in [9.17, 15) is 13.2 Å². The van der Waals surface area contributed by atoms with Crippen molar-refractivity contribution in [3.05, 3.63) is 24.3 Å². The molecule has 0 radical (unpaired) electrons. The predicted molar refractivity (Wildman–Crippen MR) is 90.9 cm³/mol. The molecule has 8 heteroatoms. The first kappa shape index (κ1) is 19.2. The third-order valence-corrected chi connectivity index (χ3v) is 3.93. The number of carbonyl (C=O) groups is 1. The first-order valence-electron chi connectivity index (χ1n) is 7.47. The summed E-state index contributed by atoms with van der Waals surface area (Å²) in [5.41, 5.74) is 5.94. The zero-order valence-electron chi connectivity index (χ0n) is 13.7. The minimum absolute atomic E-state index is 0.0393. The van der Waals surface area contributed by atoms with Crippen LogP contribution in [0.3, 0.4) is 0 Å². The van der Waals surface area contributed by atoms with Crippen molar-refractivity contribution in [1.82, 2.24) is 5.32 Å². The van der Waals surface area contributed by atoms with Gasteiger partial charge in [0.05, 0.1) is 6.10 Å². The Hall–Kier alpha value is -1.80. The van der Waals surface area contributed by atoms with Gasteiger partial charge in [0.15, 0.2) is 0 Å². The van der Waals surface area contributed by atoms with Crippen LogP contribution in [0.1, 0.15) is 27.2 Å². The molecule has 0 fully saturated rings. The Balaban J connectivity index is 2.52. The molecule has 4 N–H and O–H groups in total. The number of hydrogen-bond acceptors (Lipinski definition) is 5. The highest BCUT2D eigenvalue weighted by molar-refractivity contribution is 7.93. The fourth-order valence-electron chi connectivity index (χ4n) is 1.75. The van der Waals surface area contributed by atoms with Crippen LogP contribution in [0, 0.1) is 0 Å². The normalized spacial score (nSPS) is 12.7. The van der Waals surface area contributed by atoms with Gasteiger partial charge in [-0.3, -0.25) is 9.52 Å². The molecule has 1 aromatic carbocycles. The standard InChI is InChI=1S/C15H25N3O4S/c1-11(2)22-14-6-4-13(5-7-14)18-23(20,21)10-15(19)17-9-8-12(3)16/h4-7,11-12,18H,8-10,16H2,1-3H3,(H,17,19). The topological polar surface area (TPSA) is 111 Å². The van der Waals surface area contributed by atoms with E-state index in [1.54, 1.807) is 24.3 Å². The second-order valence-corrected chi connectivity index (χ2v) is 7.39. The molecule has 0 bridgehead atoms. The minimum Gasteiger partial charge on any atom is -0.491 e. The Kier molecular flexibility index (Phi) is 7.31. The lowest BCUT2D eigenvalue weighted by Crippen LogP contribution is -2.35. The lowest BCUT2D eigenvalue weighted by Gasteiger charge is -2.12. The maximum Gasteiger partial charge on any atom is 0.241 e. The van der Waals surface area contributed by atoms with Gasteiger partial charge in [-0.25, -0.2) is 8.42 Å². The van der Waals surface area contributed by atoms with Crippen LogP contribution < -0.4 is 20.5 Å². The van der Waals surface area contributed by atoms with Gasteiger partial charge in [-0.1, -0.05) is 0 Å². The summed E-state index contributed by atoms with van der Waals surface area (Å²) in [5, 5.41) is 2.53. The molecule has 1 amide bonds. The molecule has 0 aliphatic heterocycles. The molecule has 1 rings (SSSR count). The SMILES string of the molecule is CC(N)CCNC(=O)CS(=O)(=O)Nc1ccc(OC(C)C)cc1. The molecule has 23 heavy (non-hydrogen) atoms. The molecular weight excluding hydrogens is 318 g/mol. The zero-order chi connectivity index (χ0) is 17.5. The molecule has 1 unspecified atom stereocenters. The molecule has 7 nitrogen and oxygen atoms in total. The van der Waals surface area contributed by atoms with Crippen LogP contribution in [0.15, 0.2) is 24.3 Å². The Morgan fingerprint density at radius 1 is 1.22 bits per heavy atom. The lowest BCUT2D eigenvalue weighted by atomic mass is 10.2. The second-order valence-electron chi connectivity index (χ2n) is 5.67. The van der Waals surface area contributed by atoms with Gasteiger partial charge >= 0.3 is 0 Å². The number of nitrogens with two attached hydrogens (primary N) is 1. The van der Waals surface area contributed by atoms with Crippen molar-refractivity contribution in [1.29, 1.82) is 0 Å². The van der Waals surface area contributed by atoms with Crippen LogP contribution in [0.5, 0.6) is 5.75 Å². The summed E-state index contributed by atoms with van der Waals surface area (Å²) in [4.78, 5) is 11.6. The van der Waals surface area contributed by atoms with Gasteiger partial charge in [0.1, 0.15) is 11.5 Å². The summed E-state index contributed by atoms with van der Waals surface area (Å²) in [6, 6.07) is 6.46. The average molecular weight is 343 g/mol. The molecule has 0 saturated heterocycles. The van der Waals surface area contributed by atoms with E-state index in [0.29, 0.717) is 24.4 Å². The summed E-state index contributed by atoms with van der Waals surface area (Å²) in [7, 11) is -3.75. The number of benzene rings is 1. The number of sulfonamides is 1. The smallest absolute Gasteiger partial charge is 0.241 e. The Morgan fingerprint density at radius 3 is 2.35 bits per heavy atom. The van der Waals surface area contributed by atoms with E-state index in [1.807, 2.05) is 20.8 Å².